The van der Waals surface area contributed by atoms with Gasteiger partial charge in [0.2, 0.25) is 11.8 Å². The van der Waals surface area contributed by atoms with Crippen molar-refractivity contribution in [1.82, 2.24) is 25.8 Å². The van der Waals surface area contributed by atoms with Crippen LogP contribution in [0.4, 0.5) is 23.7 Å². The summed E-state index contributed by atoms with van der Waals surface area (Å²) in [4.78, 5) is 56.0. The summed E-state index contributed by atoms with van der Waals surface area (Å²) in [5.41, 5.74) is -0.589. The van der Waals surface area contributed by atoms with E-state index in [2.05, 4.69) is 26.2 Å². The average molecular weight is 670 g/mol. The molecule has 1 heterocycles. The number of halogens is 3. The number of piperazine rings is 1. The molecule has 1 aliphatic heterocycles. The number of hydrogen-bond acceptors (Lipinski definition) is 6. The van der Waals surface area contributed by atoms with E-state index in [9.17, 15) is 19.2 Å². The third kappa shape index (κ3) is 8.63. The highest BCUT2D eigenvalue weighted by Crippen LogP contribution is 2.32. The molecule has 14 heteroatoms. The quantitative estimate of drug-likeness (QED) is 0.304. The third-order valence-electron chi connectivity index (χ3n) is 9.20. The summed E-state index contributed by atoms with van der Waals surface area (Å²) in [5, 5.41) is 18.9. The van der Waals surface area contributed by atoms with E-state index in [1.165, 1.54) is 31.3 Å². The van der Waals surface area contributed by atoms with Crippen molar-refractivity contribution in [2.75, 3.05) is 45.6 Å². The van der Waals surface area contributed by atoms with Crippen LogP contribution in [-0.4, -0.2) is 85.9 Å². The molecule has 48 heavy (non-hydrogen) atoms. The van der Waals surface area contributed by atoms with Gasteiger partial charge in [-0.25, -0.2) is 9.18 Å². The molecular formula is C34H42F3N7O4. The number of nitrogens with zero attached hydrogens (tertiary/aromatic N) is 3. The van der Waals surface area contributed by atoms with Crippen LogP contribution in [0.3, 0.4) is 0 Å². The van der Waals surface area contributed by atoms with Gasteiger partial charge in [-0.3, -0.25) is 14.4 Å². The van der Waals surface area contributed by atoms with Crippen molar-refractivity contribution >= 4 is 29.4 Å². The van der Waals surface area contributed by atoms with E-state index < -0.39 is 59.1 Å². The van der Waals surface area contributed by atoms with Gasteiger partial charge >= 0.3 is 12.0 Å². The molecule has 2 aliphatic rings. The van der Waals surface area contributed by atoms with Crippen LogP contribution in [0.1, 0.15) is 61.6 Å². The fourth-order valence-corrected chi connectivity index (χ4v) is 6.17. The zero-order chi connectivity index (χ0) is 35.0. The topological polar surface area (TPSA) is 147 Å². The molecule has 1 aliphatic carbocycles. The van der Waals surface area contributed by atoms with Gasteiger partial charge in [-0.2, -0.15) is 14.0 Å². The molecule has 0 bridgehead atoms. The van der Waals surface area contributed by atoms with Crippen molar-refractivity contribution < 1.29 is 32.3 Å². The first-order valence-electron chi connectivity index (χ1n) is 16.1. The maximum Gasteiger partial charge on any atom is 0.349 e. The summed E-state index contributed by atoms with van der Waals surface area (Å²) in [6.07, 6.45) is 3.40. The van der Waals surface area contributed by atoms with Crippen molar-refractivity contribution in [3.8, 4) is 6.07 Å². The fraction of sp³-hybridized carbons (Fsp3) is 0.500. The number of benzene rings is 2. The first kappa shape index (κ1) is 36.2. The number of carbonyl (C=O) groups excluding carboxylic acids is 4. The molecule has 4 N–H and O–H groups in total. The Bertz CT molecular complexity index is 1530. The van der Waals surface area contributed by atoms with Crippen molar-refractivity contribution in [1.29, 1.82) is 5.26 Å². The number of likely N-dealkylation sites (N-methyl/N-ethyl adjacent to an activating group) is 1. The molecule has 0 radical (unpaired) electrons. The lowest BCUT2D eigenvalue weighted by Crippen LogP contribution is -2.56. The van der Waals surface area contributed by atoms with Crippen LogP contribution in [0.5, 0.6) is 0 Å². The van der Waals surface area contributed by atoms with E-state index in [1.54, 1.807) is 17.9 Å². The number of nitriles is 1. The second-order valence-electron chi connectivity index (χ2n) is 12.5. The Morgan fingerprint density at radius 1 is 0.979 bits per heavy atom. The van der Waals surface area contributed by atoms with Crippen LogP contribution in [0.15, 0.2) is 42.5 Å². The number of anilines is 1. The minimum atomic E-state index is -4.04. The van der Waals surface area contributed by atoms with Crippen LogP contribution in [0.2, 0.25) is 0 Å². The SMILES string of the molecule is CNC(=O)N[C@@H](C(=O)N1CCN(C)CC1)[C@@H](C)c1ccc(NC(=O)[C@@H](NC(=O)C(F)(F)c2cccc(C#N)c2)C2CCCCC2)c(F)c1. The minimum Gasteiger partial charge on any atom is -0.341 e. The van der Waals surface area contributed by atoms with Crippen LogP contribution >= 0.6 is 0 Å². The molecule has 5 amide bonds. The summed E-state index contributed by atoms with van der Waals surface area (Å²) in [6, 6.07) is 7.31. The van der Waals surface area contributed by atoms with E-state index in [-0.39, 0.29) is 17.2 Å². The van der Waals surface area contributed by atoms with Gasteiger partial charge in [-0.05, 0) is 55.6 Å². The molecule has 11 nitrogen and oxygen atoms in total. The number of urea groups is 1. The van der Waals surface area contributed by atoms with Gasteiger partial charge in [0.1, 0.15) is 17.9 Å². The van der Waals surface area contributed by atoms with Gasteiger partial charge < -0.3 is 31.1 Å². The molecule has 2 aromatic rings. The van der Waals surface area contributed by atoms with Crippen LogP contribution in [-0.2, 0) is 20.3 Å². The van der Waals surface area contributed by atoms with Crippen molar-refractivity contribution in [2.45, 2.75) is 63.0 Å². The highest BCUT2D eigenvalue weighted by atomic mass is 19.3. The molecule has 1 saturated carbocycles. The minimum absolute atomic E-state index is 0.0470. The number of rotatable bonds is 10. The van der Waals surface area contributed by atoms with Gasteiger partial charge in [0, 0.05) is 44.7 Å². The molecule has 2 aromatic carbocycles. The highest BCUT2D eigenvalue weighted by Gasteiger charge is 2.44. The molecule has 2 fully saturated rings. The standard InChI is InChI=1S/C34H42F3N7O4/c1-21(28(42-33(48)39-2)31(46)44-16-14-43(3)15-17-44)24-12-13-27(26(35)19-24)40-30(45)29(23-9-5-4-6-10-23)41-32(47)34(36,37)25-11-7-8-22(18-25)20-38/h7-8,11-13,18-19,21,23,28-29H,4-6,9-10,14-17H2,1-3H3,(H,40,45)(H,41,47)(H2,39,42,48)/t21-,28+,29-/m0/s1. The van der Waals surface area contributed by atoms with Gasteiger partial charge in [-0.1, -0.05) is 44.4 Å². The van der Waals surface area contributed by atoms with Gasteiger partial charge in [0.25, 0.3) is 5.91 Å². The van der Waals surface area contributed by atoms with Crippen LogP contribution in [0.25, 0.3) is 0 Å². The third-order valence-corrected chi connectivity index (χ3v) is 9.20. The summed E-state index contributed by atoms with van der Waals surface area (Å²) < 4.78 is 46.1. The lowest BCUT2D eigenvalue weighted by Gasteiger charge is -2.36. The monoisotopic (exact) mass is 669 g/mol. The Morgan fingerprint density at radius 2 is 1.67 bits per heavy atom. The van der Waals surface area contributed by atoms with Crippen LogP contribution in [0, 0.1) is 23.1 Å². The maximum absolute atomic E-state index is 15.6. The van der Waals surface area contributed by atoms with E-state index in [1.807, 2.05) is 7.05 Å². The number of alkyl halides is 2. The largest absolute Gasteiger partial charge is 0.349 e. The predicted octanol–water partition coefficient (Wildman–Crippen LogP) is 3.67. The molecular weight excluding hydrogens is 627 g/mol. The van der Waals surface area contributed by atoms with E-state index in [4.69, 9.17) is 5.26 Å². The molecule has 1 saturated heterocycles. The zero-order valence-electron chi connectivity index (χ0n) is 27.3. The van der Waals surface area contributed by atoms with Gasteiger partial charge in [-0.15, -0.1) is 0 Å². The number of hydrogen-bond donors (Lipinski definition) is 4. The Kier molecular flexibility index (Phi) is 12.0. The Morgan fingerprint density at radius 3 is 2.29 bits per heavy atom. The van der Waals surface area contributed by atoms with E-state index >= 15 is 13.2 Å². The lowest BCUT2D eigenvalue weighted by atomic mass is 9.83. The molecule has 258 valence electrons. The molecule has 3 atom stereocenters. The predicted molar refractivity (Wildman–Crippen MR) is 172 cm³/mol. The lowest BCUT2D eigenvalue weighted by molar-refractivity contribution is -0.149. The summed E-state index contributed by atoms with van der Waals surface area (Å²) in [5.74, 6) is -8.85. The second kappa shape index (κ2) is 16.0. The molecule has 0 unspecified atom stereocenters. The van der Waals surface area contributed by atoms with Crippen LogP contribution < -0.4 is 21.3 Å². The summed E-state index contributed by atoms with van der Waals surface area (Å²) in [7, 11) is 3.37. The van der Waals surface area contributed by atoms with Crippen molar-refractivity contribution in [2.24, 2.45) is 5.92 Å². The molecule has 4 rings (SSSR count). The fourth-order valence-electron chi connectivity index (χ4n) is 6.17. The number of nitrogens with one attached hydrogen (secondary N) is 4. The maximum atomic E-state index is 15.6. The summed E-state index contributed by atoms with van der Waals surface area (Å²) in [6.45, 7) is 3.98. The van der Waals surface area contributed by atoms with E-state index in [0.717, 1.165) is 37.5 Å². The average Bonchev–Trinajstić information content (AvgIpc) is 3.10. The van der Waals surface area contributed by atoms with Gasteiger partial charge in [0.15, 0.2) is 0 Å². The molecule has 0 aromatic heterocycles. The molecule has 0 spiro atoms. The van der Waals surface area contributed by atoms with E-state index in [0.29, 0.717) is 44.6 Å². The Labute approximate surface area is 278 Å². The summed E-state index contributed by atoms with van der Waals surface area (Å²) >= 11 is 0. The first-order chi connectivity index (χ1) is 22.8. The second-order valence-corrected chi connectivity index (χ2v) is 12.5. The Balaban J connectivity index is 1.53. The van der Waals surface area contributed by atoms with Crippen molar-refractivity contribution in [3.05, 3.63) is 65.0 Å². The zero-order valence-corrected chi connectivity index (χ0v) is 27.3. The number of amides is 5. The highest BCUT2D eigenvalue weighted by molar-refractivity contribution is 5.98. The smallest absolute Gasteiger partial charge is 0.341 e. The van der Waals surface area contributed by atoms with Crippen molar-refractivity contribution in [3.63, 3.8) is 0 Å². The van der Waals surface area contributed by atoms with Gasteiger partial charge in [0.05, 0.1) is 17.3 Å². The Hall–Kier alpha value is -4.64. The number of carbonyl (C=O) groups is 4. The first-order valence-corrected chi connectivity index (χ1v) is 16.1. The normalized spacial score (nSPS) is 17.7.